The monoisotopic (exact) mass is 564 g/mol. The molecule has 3 N–H and O–H groups in total. The lowest BCUT2D eigenvalue weighted by molar-refractivity contribution is 0.0925. The predicted octanol–water partition coefficient (Wildman–Crippen LogP) is 3.42. The van der Waals surface area contributed by atoms with E-state index < -0.39 is 0 Å². The van der Waals surface area contributed by atoms with Crippen molar-refractivity contribution in [3.05, 3.63) is 53.5 Å². The van der Waals surface area contributed by atoms with Crippen LogP contribution in [0.1, 0.15) is 47.9 Å². The van der Waals surface area contributed by atoms with Gasteiger partial charge in [0.2, 0.25) is 0 Å². The molecule has 1 saturated heterocycles. The van der Waals surface area contributed by atoms with Gasteiger partial charge in [-0.15, -0.1) is 24.0 Å². The maximum absolute atomic E-state index is 12.1. The molecular formula is C24H33IN6O2. The van der Waals surface area contributed by atoms with Crippen molar-refractivity contribution in [3.8, 4) is 6.07 Å². The number of amides is 1. The fraction of sp³-hybridized carbons (Fsp3) is 0.458. The zero-order valence-corrected chi connectivity index (χ0v) is 21.6. The zero-order valence-electron chi connectivity index (χ0n) is 19.3. The van der Waals surface area contributed by atoms with Crippen LogP contribution in [0.3, 0.4) is 0 Å². The molecule has 8 nitrogen and oxygen atoms in total. The van der Waals surface area contributed by atoms with Crippen LogP contribution in [0.25, 0.3) is 0 Å². The number of guanidine groups is 1. The van der Waals surface area contributed by atoms with Gasteiger partial charge in [0, 0.05) is 44.3 Å². The number of carbonyl (C=O) groups is 1. The molecule has 0 radical (unpaired) electrons. The number of furan rings is 1. The number of aliphatic imine (C=N–C) groups is 1. The van der Waals surface area contributed by atoms with Gasteiger partial charge in [-0.1, -0.05) is 12.1 Å². The Hall–Kier alpha value is -2.74. The van der Waals surface area contributed by atoms with Gasteiger partial charge in [-0.3, -0.25) is 9.79 Å². The summed E-state index contributed by atoms with van der Waals surface area (Å²) in [6, 6.07) is 12.1. The molecule has 0 spiro atoms. The molecule has 2 aromatic rings. The molecular weight excluding hydrogens is 531 g/mol. The molecule has 1 atom stereocenters. The number of hydrogen-bond acceptors (Lipinski definition) is 5. The van der Waals surface area contributed by atoms with E-state index in [-0.39, 0.29) is 35.9 Å². The SMILES string of the molecule is CCNC(=NCCCNC(=O)c1occc1C)NC1CCCN(c2ccccc2C#N)C1.I. The second-order valence-electron chi connectivity index (χ2n) is 7.86. The van der Waals surface area contributed by atoms with E-state index in [0.717, 1.165) is 56.1 Å². The van der Waals surface area contributed by atoms with Crippen LogP contribution in [0.4, 0.5) is 5.69 Å². The van der Waals surface area contributed by atoms with Crippen LogP contribution < -0.4 is 20.9 Å². The number of halogens is 1. The molecule has 1 fully saturated rings. The number of nitrogens with one attached hydrogen (secondary N) is 3. The summed E-state index contributed by atoms with van der Waals surface area (Å²) in [5.41, 5.74) is 2.53. The molecule has 1 aliphatic heterocycles. The highest BCUT2D eigenvalue weighted by Gasteiger charge is 2.22. The zero-order chi connectivity index (χ0) is 22.8. The first-order valence-corrected chi connectivity index (χ1v) is 11.2. The lowest BCUT2D eigenvalue weighted by Gasteiger charge is -2.35. The smallest absolute Gasteiger partial charge is 0.287 e. The average molecular weight is 564 g/mol. The minimum absolute atomic E-state index is 0. The highest BCUT2D eigenvalue weighted by Crippen LogP contribution is 2.23. The first-order valence-electron chi connectivity index (χ1n) is 11.2. The van der Waals surface area contributed by atoms with Gasteiger partial charge in [0.1, 0.15) is 6.07 Å². The summed E-state index contributed by atoms with van der Waals surface area (Å²) in [6.45, 7) is 7.56. The molecule has 1 amide bonds. The van der Waals surface area contributed by atoms with E-state index in [1.165, 1.54) is 6.26 Å². The van der Waals surface area contributed by atoms with Crippen molar-refractivity contribution < 1.29 is 9.21 Å². The van der Waals surface area contributed by atoms with Crippen molar-refractivity contribution in [2.75, 3.05) is 37.6 Å². The third-order valence-corrected chi connectivity index (χ3v) is 5.43. The highest BCUT2D eigenvalue weighted by atomic mass is 127. The number of aryl methyl sites for hydroxylation is 1. The normalized spacial score (nSPS) is 15.8. The highest BCUT2D eigenvalue weighted by molar-refractivity contribution is 14.0. The first kappa shape index (κ1) is 26.5. The van der Waals surface area contributed by atoms with Gasteiger partial charge < -0.3 is 25.3 Å². The summed E-state index contributed by atoms with van der Waals surface area (Å²) >= 11 is 0. The second-order valence-corrected chi connectivity index (χ2v) is 7.86. The maximum atomic E-state index is 12.1. The average Bonchev–Trinajstić information content (AvgIpc) is 3.25. The molecule has 0 bridgehead atoms. The van der Waals surface area contributed by atoms with Gasteiger partial charge in [0.25, 0.3) is 5.91 Å². The van der Waals surface area contributed by atoms with Crippen LogP contribution >= 0.6 is 24.0 Å². The molecule has 1 aromatic carbocycles. The fourth-order valence-electron chi connectivity index (χ4n) is 3.83. The third kappa shape index (κ3) is 7.67. The molecule has 178 valence electrons. The van der Waals surface area contributed by atoms with Gasteiger partial charge in [-0.25, -0.2) is 0 Å². The minimum Gasteiger partial charge on any atom is -0.459 e. The van der Waals surface area contributed by atoms with E-state index in [1.807, 2.05) is 38.1 Å². The molecule has 2 heterocycles. The Morgan fingerprint density at radius 3 is 2.85 bits per heavy atom. The molecule has 3 rings (SSSR count). The lowest BCUT2D eigenvalue weighted by Crippen LogP contribution is -2.51. The van der Waals surface area contributed by atoms with Crippen LogP contribution in [0.2, 0.25) is 0 Å². The van der Waals surface area contributed by atoms with E-state index in [1.54, 1.807) is 6.07 Å². The van der Waals surface area contributed by atoms with Gasteiger partial charge >= 0.3 is 0 Å². The molecule has 1 aliphatic rings. The molecule has 9 heteroatoms. The summed E-state index contributed by atoms with van der Waals surface area (Å²) in [5, 5.41) is 19.1. The number of piperidine rings is 1. The third-order valence-electron chi connectivity index (χ3n) is 5.43. The molecule has 0 saturated carbocycles. The summed E-state index contributed by atoms with van der Waals surface area (Å²) in [5.74, 6) is 0.950. The Morgan fingerprint density at radius 1 is 1.30 bits per heavy atom. The predicted molar refractivity (Wildman–Crippen MR) is 141 cm³/mol. The van der Waals surface area contributed by atoms with Gasteiger partial charge in [0.15, 0.2) is 11.7 Å². The number of hydrogen-bond donors (Lipinski definition) is 3. The molecule has 1 aromatic heterocycles. The first-order chi connectivity index (χ1) is 15.6. The van der Waals surface area contributed by atoms with Crippen LogP contribution in [-0.4, -0.2) is 50.6 Å². The lowest BCUT2D eigenvalue weighted by atomic mass is 10.0. The van der Waals surface area contributed by atoms with Gasteiger partial charge in [-0.05, 0) is 51.3 Å². The Morgan fingerprint density at radius 2 is 2.12 bits per heavy atom. The number of anilines is 1. The van der Waals surface area contributed by atoms with Crippen molar-refractivity contribution in [1.82, 2.24) is 16.0 Å². The minimum atomic E-state index is -0.193. The van der Waals surface area contributed by atoms with Crippen LogP contribution in [-0.2, 0) is 0 Å². The molecule has 33 heavy (non-hydrogen) atoms. The number of rotatable bonds is 8. The second kappa shape index (κ2) is 13.7. The number of nitriles is 1. The summed E-state index contributed by atoms with van der Waals surface area (Å²) in [4.78, 5) is 19.0. The fourth-order valence-corrected chi connectivity index (χ4v) is 3.83. The van der Waals surface area contributed by atoms with Crippen molar-refractivity contribution in [2.24, 2.45) is 4.99 Å². The van der Waals surface area contributed by atoms with Crippen molar-refractivity contribution in [3.63, 3.8) is 0 Å². The number of benzene rings is 1. The molecule has 1 unspecified atom stereocenters. The van der Waals surface area contributed by atoms with Gasteiger partial charge in [0.05, 0.1) is 17.5 Å². The summed E-state index contributed by atoms with van der Waals surface area (Å²) in [7, 11) is 0. The Balaban J connectivity index is 0.00000385. The van der Waals surface area contributed by atoms with Crippen LogP contribution in [0.5, 0.6) is 0 Å². The summed E-state index contributed by atoms with van der Waals surface area (Å²) in [6.07, 6.45) is 4.35. The van der Waals surface area contributed by atoms with Crippen LogP contribution in [0, 0.1) is 18.3 Å². The Kier molecular flexibility index (Phi) is 11.0. The van der Waals surface area contributed by atoms with Gasteiger partial charge in [-0.2, -0.15) is 5.26 Å². The van der Waals surface area contributed by atoms with E-state index in [9.17, 15) is 10.1 Å². The number of nitrogens with zero attached hydrogens (tertiary/aromatic N) is 3. The van der Waals surface area contributed by atoms with Crippen molar-refractivity contribution in [1.29, 1.82) is 5.26 Å². The van der Waals surface area contributed by atoms with E-state index in [2.05, 4.69) is 31.9 Å². The van der Waals surface area contributed by atoms with E-state index >= 15 is 0 Å². The standard InChI is InChI=1S/C24H32N6O2.HI/c1-3-26-24(28-13-7-12-27-23(31)22-18(2)11-15-32-22)29-20-9-6-14-30(17-20)21-10-5-4-8-19(21)16-25;/h4-5,8,10-11,15,20H,3,6-7,9,12-14,17H2,1-2H3,(H,27,31)(H2,26,28,29);1H. The largest absolute Gasteiger partial charge is 0.459 e. The Bertz CT molecular complexity index is 968. The van der Waals surface area contributed by atoms with Crippen molar-refractivity contribution >= 4 is 41.5 Å². The van der Waals surface area contributed by atoms with Crippen molar-refractivity contribution in [2.45, 2.75) is 39.2 Å². The van der Waals surface area contributed by atoms with Crippen LogP contribution in [0.15, 0.2) is 46.0 Å². The topological polar surface area (TPSA) is 106 Å². The molecule has 0 aliphatic carbocycles. The van der Waals surface area contributed by atoms with E-state index in [0.29, 0.717) is 24.4 Å². The summed E-state index contributed by atoms with van der Waals surface area (Å²) < 4.78 is 5.21. The number of para-hydroxylation sites is 1. The maximum Gasteiger partial charge on any atom is 0.287 e. The quantitative estimate of drug-likeness (QED) is 0.197. The number of carbonyl (C=O) groups excluding carboxylic acids is 1. The van der Waals surface area contributed by atoms with E-state index in [4.69, 9.17) is 4.42 Å². The Labute approximate surface area is 212 Å².